The Morgan fingerprint density at radius 2 is 1.91 bits per heavy atom. The molecule has 1 aliphatic heterocycles. The number of nitrogens with one attached hydrogen (secondary N) is 2. The van der Waals surface area contributed by atoms with E-state index in [0.29, 0.717) is 44.8 Å². The lowest BCUT2D eigenvalue weighted by molar-refractivity contribution is -0.113. The molecule has 0 bridgehead atoms. The number of methoxy groups -OCH3 is 1. The van der Waals surface area contributed by atoms with E-state index in [2.05, 4.69) is 16.7 Å². The zero-order valence-electron chi connectivity index (χ0n) is 18.3. The van der Waals surface area contributed by atoms with E-state index in [0.717, 1.165) is 5.56 Å². The minimum atomic E-state index is -0.626. The van der Waals surface area contributed by atoms with Gasteiger partial charge < -0.3 is 19.8 Å². The Hall–Kier alpha value is -3.89. The number of benzene rings is 2. The van der Waals surface area contributed by atoms with Gasteiger partial charge in [-0.3, -0.25) is 4.79 Å². The number of hydrogen-bond donors (Lipinski definition) is 2. The Kier molecular flexibility index (Phi) is 6.86. The first-order chi connectivity index (χ1) is 16.1. The number of ether oxygens (including phenoxy) is 1. The molecule has 33 heavy (non-hydrogen) atoms. The number of allylic oxidation sites excluding steroid dienone is 2. The minimum Gasteiger partial charge on any atom is -0.495 e. The van der Waals surface area contributed by atoms with Gasteiger partial charge in [0, 0.05) is 11.4 Å². The number of carbonyl (C=O) groups is 1. The van der Waals surface area contributed by atoms with E-state index in [4.69, 9.17) is 9.15 Å². The fourth-order valence-corrected chi connectivity index (χ4v) is 4.78. The van der Waals surface area contributed by atoms with E-state index >= 15 is 0 Å². The molecule has 6 nitrogen and oxygen atoms in total. The van der Waals surface area contributed by atoms with Crippen molar-refractivity contribution in [1.82, 2.24) is 5.32 Å². The lowest BCUT2D eigenvalue weighted by atomic mass is 9.85. The number of nitrogens with zero attached hydrogens (tertiary/aromatic N) is 1. The van der Waals surface area contributed by atoms with E-state index in [9.17, 15) is 10.1 Å². The second kappa shape index (κ2) is 10.2. The zero-order chi connectivity index (χ0) is 23.2. The van der Waals surface area contributed by atoms with Gasteiger partial charge in [-0.05, 0) is 36.8 Å². The maximum atomic E-state index is 13.5. The van der Waals surface area contributed by atoms with Crippen LogP contribution >= 0.6 is 11.8 Å². The quantitative estimate of drug-likeness (QED) is 0.483. The Bertz CT molecular complexity index is 1240. The van der Waals surface area contributed by atoms with E-state index in [1.54, 1.807) is 37.6 Å². The lowest BCUT2D eigenvalue weighted by Crippen LogP contribution is -2.30. The summed E-state index contributed by atoms with van der Waals surface area (Å²) in [5.41, 5.74) is 3.23. The average Bonchev–Trinajstić information content (AvgIpc) is 3.38. The zero-order valence-corrected chi connectivity index (χ0v) is 19.1. The number of para-hydroxylation sites is 2. The molecule has 3 aromatic rings. The molecule has 2 heterocycles. The van der Waals surface area contributed by atoms with Gasteiger partial charge in [-0.25, -0.2) is 0 Å². The number of amides is 1. The second-order valence-electron chi connectivity index (χ2n) is 7.40. The van der Waals surface area contributed by atoms with Crippen LogP contribution in [0.1, 0.15) is 24.2 Å². The SMILES string of the molecule is COc1ccccc1NC(=O)C1=C(C)NC(SCc2ccccc2)=C(C#N)[C@@H]1c1ccco1. The number of thioether (sulfide) groups is 1. The van der Waals surface area contributed by atoms with Crippen LogP contribution in [0.3, 0.4) is 0 Å². The molecule has 1 aliphatic rings. The summed E-state index contributed by atoms with van der Waals surface area (Å²) in [6.07, 6.45) is 1.55. The first kappa shape index (κ1) is 22.3. The molecule has 7 heteroatoms. The number of carbonyl (C=O) groups excluding carboxylic acids is 1. The summed E-state index contributed by atoms with van der Waals surface area (Å²) in [6, 6.07) is 23.1. The highest BCUT2D eigenvalue weighted by Crippen LogP contribution is 2.42. The van der Waals surface area contributed by atoms with Crippen LogP contribution in [0.2, 0.25) is 0 Å². The monoisotopic (exact) mass is 457 g/mol. The summed E-state index contributed by atoms with van der Waals surface area (Å²) < 4.78 is 11.0. The fourth-order valence-electron chi connectivity index (χ4n) is 3.73. The Morgan fingerprint density at radius 1 is 1.15 bits per heavy atom. The molecule has 0 fully saturated rings. The Morgan fingerprint density at radius 3 is 2.61 bits per heavy atom. The first-order valence-electron chi connectivity index (χ1n) is 10.4. The maximum Gasteiger partial charge on any atom is 0.254 e. The van der Waals surface area contributed by atoms with Gasteiger partial charge in [-0.1, -0.05) is 42.5 Å². The molecule has 0 unspecified atom stereocenters. The molecule has 0 radical (unpaired) electrons. The number of nitriles is 1. The van der Waals surface area contributed by atoms with E-state index in [1.807, 2.05) is 49.4 Å². The normalized spacial score (nSPS) is 15.6. The third-order valence-corrected chi connectivity index (χ3v) is 6.39. The smallest absolute Gasteiger partial charge is 0.254 e. The summed E-state index contributed by atoms with van der Waals surface area (Å²) >= 11 is 1.53. The van der Waals surface area contributed by atoms with Crippen molar-refractivity contribution in [2.45, 2.75) is 18.6 Å². The Balaban J connectivity index is 1.68. The maximum absolute atomic E-state index is 13.5. The summed E-state index contributed by atoms with van der Waals surface area (Å²) in [4.78, 5) is 13.5. The first-order valence-corrected chi connectivity index (χ1v) is 11.4. The van der Waals surface area contributed by atoms with Crippen LogP contribution in [-0.4, -0.2) is 13.0 Å². The van der Waals surface area contributed by atoms with Crippen LogP contribution < -0.4 is 15.4 Å². The molecular weight excluding hydrogens is 434 g/mol. The topological polar surface area (TPSA) is 87.3 Å². The lowest BCUT2D eigenvalue weighted by Gasteiger charge is -2.28. The van der Waals surface area contributed by atoms with Gasteiger partial charge in [0.2, 0.25) is 0 Å². The van der Waals surface area contributed by atoms with Crippen molar-refractivity contribution < 1.29 is 13.9 Å². The van der Waals surface area contributed by atoms with Gasteiger partial charge in [-0.15, -0.1) is 11.8 Å². The third-order valence-electron chi connectivity index (χ3n) is 5.30. The predicted molar refractivity (Wildman–Crippen MR) is 129 cm³/mol. The van der Waals surface area contributed by atoms with Gasteiger partial charge in [0.05, 0.1) is 47.2 Å². The predicted octanol–water partition coefficient (Wildman–Crippen LogP) is 5.56. The average molecular weight is 458 g/mol. The van der Waals surface area contributed by atoms with Gasteiger partial charge in [0.1, 0.15) is 11.5 Å². The second-order valence-corrected chi connectivity index (χ2v) is 8.38. The van der Waals surface area contributed by atoms with E-state index in [-0.39, 0.29) is 5.91 Å². The van der Waals surface area contributed by atoms with Crippen molar-refractivity contribution >= 4 is 23.4 Å². The van der Waals surface area contributed by atoms with E-state index in [1.165, 1.54) is 11.8 Å². The van der Waals surface area contributed by atoms with Crippen LogP contribution in [0, 0.1) is 11.3 Å². The van der Waals surface area contributed by atoms with Crippen molar-refractivity contribution in [2.24, 2.45) is 0 Å². The molecule has 1 atom stereocenters. The highest BCUT2D eigenvalue weighted by Gasteiger charge is 2.36. The van der Waals surface area contributed by atoms with Gasteiger partial charge in [-0.2, -0.15) is 5.26 Å². The number of rotatable bonds is 7. The van der Waals surface area contributed by atoms with Crippen LogP contribution in [-0.2, 0) is 10.5 Å². The Labute approximate surface area is 196 Å². The standard InChI is InChI=1S/C26H23N3O3S/c1-17-23(25(30)29-20-11-6-7-12-21(20)31-2)24(22-13-8-14-32-22)19(15-27)26(28-17)33-16-18-9-4-3-5-10-18/h3-14,24,28H,16H2,1-2H3,(H,29,30)/t24-/m1/s1. The molecule has 0 saturated carbocycles. The molecular formula is C26H23N3O3S. The minimum absolute atomic E-state index is 0.328. The fraction of sp³-hybridized carbons (Fsp3) is 0.154. The van der Waals surface area contributed by atoms with Crippen molar-refractivity contribution in [1.29, 1.82) is 5.26 Å². The van der Waals surface area contributed by atoms with Crippen LogP contribution in [0.5, 0.6) is 5.75 Å². The molecule has 2 N–H and O–H groups in total. The summed E-state index contributed by atoms with van der Waals surface area (Å²) in [7, 11) is 1.55. The molecule has 4 rings (SSSR count). The summed E-state index contributed by atoms with van der Waals surface area (Å²) in [5, 5.41) is 17.0. The summed E-state index contributed by atoms with van der Waals surface area (Å²) in [6.45, 7) is 1.84. The van der Waals surface area contributed by atoms with Crippen LogP contribution in [0.25, 0.3) is 0 Å². The van der Waals surface area contributed by atoms with Gasteiger partial charge >= 0.3 is 0 Å². The number of anilines is 1. The van der Waals surface area contributed by atoms with Gasteiger partial charge in [0.25, 0.3) is 5.91 Å². The molecule has 166 valence electrons. The third kappa shape index (κ3) is 4.81. The van der Waals surface area contributed by atoms with E-state index < -0.39 is 5.92 Å². The van der Waals surface area contributed by atoms with Crippen LogP contribution in [0.4, 0.5) is 5.69 Å². The van der Waals surface area contributed by atoms with Crippen molar-refractivity contribution in [3.05, 3.63) is 106 Å². The number of dihydropyridines is 1. The molecule has 0 saturated heterocycles. The number of furan rings is 1. The molecule has 1 aromatic heterocycles. The van der Waals surface area contributed by atoms with Crippen molar-refractivity contribution in [3.63, 3.8) is 0 Å². The largest absolute Gasteiger partial charge is 0.495 e. The van der Waals surface area contributed by atoms with Crippen LogP contribution in [0.15, 0.2) is 99.3 Å². The molecule has 1 amide bonds. The van der Waals surface area contributed by atoms with Crippen molar-refractivity contribution in [3.8, 4) is 11.8 Å². The molecule has 2 aromatic carbocycles. The summed E-state index contributed by atoms with van der Waals surface area (Å²) in [5.74, 6) is 0.827. The highest BCUT2D eigenvalue weighted by molar-refractivity contribution is 8.02. The highest BCUT2D eigenvalue weighted by atomic mass is 32.2. The van der Waals surface area contributed by atoms with Crippen molar-refractivity contribution in [2.75, 3.05) is 12.4 Å². The van der Waals surface area contributed by atoms with Gasteiger partial charge in [0.15, 0.2) is 0 Å². The number of hydrogen-bond acceptors (Lipinski definition) is 6. The molecule has 0 spiro atoms. The molecule has 0 aliphatic carbocycles.